The van der Waals surface area contributed by atoms with E-state index in [1.54, 1.807) is 4.90 Å². The highest BCUT2D eigenvalue weighted by atomic mass is 16.2. The zero-order valence-electron chi connectivity index (χ0n) is 9.95. The third-order valence-electron chi connectivity index (χ3n) is 2.80. The second-order valence-corrected chi connectivity index (χ2v) is 4.05. The van der Waals surface area contributed by atoms with E-state index in [1.807, 2.05) is 4.90 Å². The molecule has 0 saturated carbocycles. The first-order valence-corrected chi connectivity index (χ1v) is 5.95. The van der Waals surface area contributed by atoms with Crippen LogP contribution in [0, 0.1) is 0 Å². The first-order chi connectivity index (χ1) is 7.77. The second-order valence-electron chi connectivity index (χ2n) is 4.05. The summed E-state index contributed by atoms with van der Waals surface area (Å²) in [5.74, 6) is 0.140. The molecule has 1 heterocycles. The Kier molecular flexibility index (Phi) is 5.85. The van der Waals surface area contributed by atoms with Crippen molar-refractivity contribution in [3.8, 4) is 0 Å². The highest BCUT2D eigenvalue weighted by molar-refractivity contribution is 5.78. The van der Waals surface area contributed by atoms with Crippen molar-refractivity contribution < 1.29 is 9.59 Å². The summed E-state index contributed by atoms with van der Waals surface area (Å²) in [7, 11) is 0. The number of nitrogens with one attached hydrogen (secondary N) is 1. The second kappa shape index (κ2) is 7.22. The molecule has 1 saturated heterocycles. The maximum absolute atomic E-state index is 11.7. The average molecular weight is 227 g/mol. The Hall–Kier alpha value is -1.10. The Balaban J connectivity index is 2.15. The van der Waals surface area contributed by atoms with Crippen molar-refractivity contribution in [1.29, 1.82) is 0 Å². The molecule has 1 rings (SSSR count). The van der Waals surface area contributed by atoms with E-state index < -0.39 is 0 Å². The van der Waals surface area contributed by atoms with E-state index in [9.17, 15) is 9.59 Å². The molecule has 0 aliphatic carbocycles. The lowest BCUT2D eigenvalue weighted by molar-refractivity contribution is -0.134. The van der Waals surface area contributed by atoms with Crippen molar-refractivity contribution in [2.45, 2.75) is 19.8 Å². The van der Waals surface area contributed by atoms with Crippen molar-refractivity contribution >= 4 is 12.3 Å². The number of piperazine rings is 1. The van der Waals surface area contributed by atoms with Gasteiger partial charge in [-0.3, -0.25) is 9.59 Å². The van der Waals surface area contributed by atoms with Crippen LogP contribution in [0.1, 0.15) is 19.8 Å². The molecule has 1 aliphatic rings. The van der Waals surface area contributed by atoms with E-state index in [4.69, 9.17) is 0 Å². The van der Waals surface area contributed by atoms with Crippen LogP contribution in [0.4, 0.5) is 0 Å². The Morgan fingerprint density at radius 2 is 2.00 bits per heavy atom. The number of carbonyl (C=O) groups is 2. The van der Waals surface area contributed by atoms with E-state index in [1.165, 1.54) is 0 Å². The van der Waals surface area contributed by atoms with Gasteiger partial charge < -0.3 is 15.1 Å². The minimum atomic E-state index is 0.140. The molecule has 1 aliphatic heterocycles. The lowest BCUT2D eigenvalue weighted by atomic mass is 10.3. The maximum atomic E-state index is 11.7. The molecule has 0 spiro atoms. The zero-order chi connectivity index (χ0) is 11.8. The molecule has 0 aromatic carbocycles. The number of hydrogen-bond donors (Lipinski definition) is 1. The molecule has 1 fully saturated rings. The topological polar surface area (TPSA) is 52.7 Å². The Morgan fingerprint density at radius 1 is 1.31 bits per heavy atom. The third-order valence-corrected chi connectivity index (χ3v) is 2.80. The van der Waals surface area contributed by atoms with Crippen LogP contribution in [-0.2, 0) is 9.59 Å². The van der Waals surface area contributed by atoms with Crippen LogP contribution in [-0.4, -0.2) is 61.4 Å². The lowest BCUT2D eigenvalue weighted by Gasteiger charge is -2.32. The van der Waals surface area contributed by atoms with Gasteiger partial charge in [-0.2, -0.15) is 0 Å². The summed E-state index contributed by atoms with van der Waals surface area (Å²) < 4.78 is 0. The molecule has 5 nitrogen and oxygen atoms in total. The van der Waals surface area contributed by atoms with Crippen LogP contribution in [0.25, 0.3) is 0 Å². The monoisotopic (exact) mass is 227 g/mol. The first kappa shape index (κ1) is 13.0. The largest absolute Gasteiger partial charge is 0.342 e. The summed E-state index contributed by atoms with van der Waals surface area (Å²) in [6, 6.07) is 0. The summed E-state index contributed by atoms with van der Waals surface area (Å²) in [5, 5.41) is 3.13. The van der Waals surface area contributed by atoms with Gasteiger partial charge in [-0.1, -0.05) is 13.3 Å². The molecule has 0 radical (unpaired) electrons. The minimum absolute atomic E-state index is 0.140. The smallest absolute Gasteiger partial charge is 0.236 e. The molecule has 0 atom stereocenters. The van der Waals surface area contributed by atoms with Gasteiger partial charge in [0, 0.05) is 26.2 Å². The summed E-state index contributed by atoms with van der Waals surface area (Å²) in [6.07, 6.45) is 3.09. The van der Waals surface area contributed by atoms with E-state index in [2.05, 4.69) is 12.2 Å². The van der Waals surface area contributed by atoms with E-state index in [-0.39, 0.29) is 5.91 Å². The summed E-state index contributed by atoms with van der Waals surface area (Å²) in [5.41, 5.74) is 0. The van der Waals surface area contributed by atoms with Gasteiger partial charge in [-0.25, -0.2) is 0 Å². The van der Waals surface area contributed by atoms with Crippen LogP contribution in [0.2, 0.25) is 0 Å². The highest BCUT2D eigenvalue weighted by Gasteiger charge is 2.19. The predicted octanol–water partition coefficient (Wildman–Crippen LogP) is -0.323. The fourth-order valence-electron chi connectivity index (χ4n) is 1.69. The Labute approximate surface area is 96.8 Å². The van der Waals surface area contributed by atoms with Gasteiger partial charge >= 0.3 is 0 Å². The summed E-state index contributed by atoms with van der Waals surface area (Å²) in [6.45, 7) is 6.08. The summed E-state index contributed by atoms with van der Waals surface area (Å²) >= 11 is 0. The highest BCUT2D eigenvalue weighted by Crippen LogP contribution is 1.99. The van der Waals surface area contributed by atoms with Gasteiger partial charge in [0.2, 0.25) is 12.3 Å². The van der Waals surface area contributed by atoms with Crippen LogP contribution < -0.4 is 5.32 Å². The molecule has 0 aromatic heterocycles. The fraction of sp³-hybridized carbons (Fsp3) is 0.818. The van der Waals surface area contributed by atoms with Crippen LogP contribution >= 0.6 is 0 Å². The normalized spacial score (nSPS) is 16.3. The predicted molar refractivity (Wildman–Crippen MR) is 62.0 cm³/mol. The number of rotatable bonds is 6. The van der Waals surface area contributed by atoms with Crippen LogP contribution in [0.15, 0.2) is 0 Å². The van der Waals surface area contributed by atoms with Crippen molar-refractivity contribution in [1.82, 2.24) is 15.1 Å². The van der Waals surface area contributed by atoms with Gasteiger partial charge in [0.25, 0.3) is 0 Å². The van der Waals surface area contributed by atoms with Crippen molar-refractivity contribution in [3.63, 3.8) is 0 Å². The Bertz CT molecular complexity index is 225. The van der Waals surface area contributed by atoms with Crippen LogP contribution in [0.3, 0.4) is 0 Å². The number of nitrogens with zero attached hydrogens (tertiary/aromatic N) is 2. The van der Waals surface area contributed by atoms with Crippen molar-refractivity contribution in [2.24, 2.45) is 0 Å². The molecule has 1 N–H and O–H groups in total. The lowest BCUT2D eigenvalue weighted by Crippen LogP contribution is -2.50. The van der Waals surface area contributed by atoms with Gasteiger partial charge in [0.05, 0.1) is 6.54 Å². The number of amides is 2. The van der Waals surface area contributed by atoms with E-state index >= 15 is 0 Å². The van der Waals surface area contributed by atoms with Crippen molar-refractivity contribution in [3.05, 3.63) is 0 Å². The molecule has 5 heteroatoms. The zero-order valence-corrected chi connectivity index (χ0v) is 9.95. The molecular weight excluding hydrogens is 206 g/mol. The molecule has 2 amide bonds. The van der Waals surface area contributed by atoms with E-state index in [0.29, 0.717) is 32.7 Å². The minimum Gasteiger partial charge on any atom is -0.342 e. The average Bonchev–Trinajstić information content (AvgIpc) is 2.34. The Morgan fingerprint density at radius 3 is 2.56 bits per heavy atom. The molecule has 0 aromatic rings. The summed E-state index contributed by atoms with van der Waals surface area (Å²) in [4.78, 5) is 25.7. The van der Waals surface area contributed by atoms with E-state index in [0.717, 1.165) is 25.8 Å². The molecule has 0 unspecified atom stereocenters. The van der Waals surface area contributed by atoms with Crippen LogP contribution in [0.5, 0.6) is 0 Å². The maximum Gasteiger partial charge on any atom is 0.236 e. The molecule has 16 heavy (non-hydrogen) atoms. The number of carbonyl (C=O) groups excluding carboxylic acids is 2. The first-order valence-electron chi connectivity index (χ1n) is 5.95. The quantitative estimate of drug-likeness (QED) is 0.499. The number of unbranched alkanes of at least 4 members (excludes halogenated alkanes) is 1. The molecule has 0 bridgehead atoms. The van der Waals surface area contributed by atoms with Gasteiger partial charge in [-0.15, -0.1) is 0 Å². The third kappa shape index (κ3) is 4.18. The number of hydrogen-bond acceptors (Lipinski definition) is 3. The SMILES string of the molecule is CCCCNCC(=O)N1CCN(C=O)CC1. The molecular formula is C11H21N3O2. The molecule has 92 valence electrons. The van der Waals surface area contributed by atoms with Crippen molar-refractivity contribution in [2.75, 3.05) is 39.3 Å². The standard InChI is InChI=1S/C11H21N3O2/c1-2-3-4-12-9-11(16)14-7-5-13(10-15)6-8-14/h10,12H,2-9H2,1H3. The van der Waals surface area contributed by atoms with Gasteiger partial charge in [0.1, 0.15) is 0 Å². The van der Waals surface area contributed by atoms with Gasteiger partial charge in [-0.05, 0) is 13.0 Å². The van der Waals surface area contributed by atoms with Gasteiger partial charge in [0.15, 0.2) is 0 Å². The fourth-order valence-corrected chi connectivity index (χ4v) is 1.69.